The standard InChI is InChI=1S/C16H20ClN5O3S/c1-3-22(4-2)26(24,25)14-8-9-15(18-11-14)20-21-16(23)19-13-7-5-6-12(17)10-13/h5-11H,3-4H2,1-2H3,(H,18,20)(H2,19,21,23). The Hall–Kier alpha value is -2.36. The van der Waals surface area contributed by atoms with Crippen molar-refractivity contribution >= 4 is 39.2 Å². The maximum Gasteiger partial charge on any atom is 0.337 e. The molecule has 10 heteroatoms. The lowest BCUT2D eigenvalue weighted by Gasteiger charge is -2.18. The van der Waals surface area contributed by atoms with Crippen molar-refractivity contribution in [3.8, 4) is 0 Å². The molecule has 2 amide bonds. The van der Waals surface area contributed by atoms with Gasteiger partial charge < -0.3 is 5.32 Å². The van der Waals surface area contributed by atoms with E-state index in [4.69, 9.17) is 11.6 Å². The predicted octanol–water partition coefficient (Wildman–Crippen LogP) is 2.91. The van der Waals surface area contributed by atoms with Crippen molar-refractivity contribution in [3.63, 3.8) is 0 Å². The molecule has 0 fully saturated rings. The van der Waals surface area contributed by atoms with Gasteiger partial charge in [0.1, 0.15) is 10.7 Å². The normalized spacial score (nSPS) is 11.2. The van der Waals surface area contributed by atoms with Gasteiger partial charge in [0.25, 0.3) is 0 Å². The molecule has 0 aliphatic rings. The molecule has 8 nitrogen and oxygen atoms in total. The molecule has 1 heterocycles. The van der Waals surface area contributed by atoms with Crippen LogP contribution in [0.15, 0.2) is 47.5 Å². The summed E-state index contributed by atoms with van der Waals surface area (Å²) in [6.45, 7) is 4.30. The van der Waals surface area contributed by atoms with E-state index in [1.165, 1.54) is 22.6 Å². The van der Waals surface area contributed by atoms with E-state index in [2.05, 4.69) is 21.2 Å². The summed E-state index contributed by atoms with van der Waals surface area (Å²) in [5.74, 6) is 0.296. The van der Waals surface area contributed by atoms with Crippen molar-refractivity contribution in [2.45, 2.75) is 18.7 Å². The van der Waals surface area contributed by atoms with Crippen molar-refractivity contribution in [2.75, 3.05) is 23.8 Å². The van der Waals surface area contributed by atoms with E-state index in [1.54, 1.807) is 38.1 Å². The van der Waals surface area contributed by atoms with Crippen LogP contribution < -0.4 is 16.2 Å². The number of hydrazine groups is 1. The van der Waals surface area contributed by atoms with Crippen molar-refractivity contribution in [3.05, 3.63) is 47.6 Å². The number of rotatable bonds is 7. The maximum atomic E-state index is 12.4. The highest BCUT2D eigenvalue weighted by molar-refractivity contribution is 7.89. The van der Waals surface area contributed by atoms with E-state index in [0.717, 1.165) is 0 Å². The van der Waals surface area contributed by atoms with Gasteiger partial charge in [0.15, 0.2) is 0 Å². The summed E-state index contributed by atoms with van der Waals surface area (Å²) in [6, 6.07) is 9.08. The zero-order chi connectivity index (χ0) is 19.2. The summed E-state index contributed by atoms with van der Waals surface area (Å²) >= 11 is 5.85. The summed E-state index contributed by atoms with van der Waals surface area (Å²) in [5, 5.41) is 3.09. The summed E-state index contributed by atoms with van der Waals surface area (Å²) in [4.78, 5) is 15.9. The number of hydrogen-bond acceptors (Lipinski definition) is 5. The second-order valence-corrected chi connectivity index (χ2v) is 7.56. The number of carbonyl (C=O) groups excluding carboxylic acids is 1. The Morgan fingerprint density at radius 3 is 2.50 bits per heavy atom. The Morgan fingerprint density at radius 1 is 1.19 bits per heavy atom. The Labute approximate surface area is 157 Å². The van der Waals surface area contributed by atoms with Gasteiger partial charge in [0, 0.05) is 30.0 Å². The van der Waals surface area contributed by atoms with Gasteiger partial charge in [0.05, 0.1) is 0 Å². The van der Waals surface area contributed by atoms with Gasteiger partial charge in [-0.05, 0) is 30.3 Å². The number of urea groups is 1. The lowest BCUT2D eigenvalue weighted by Crippen LogP contribution is -2.34. The fourth-order valence-electron chi connectivity index (χ4n) is 2.17. The van der Waals surface area contributed by atoms with Crippen LogP contribution in [0.3, 0.4) is 0 Å². The van der Waals surface area contributed by atoms with Crippen LogP contribution in [0.25, 0.3) is 0 Å². The Balaban J connectivity index is 1.96. The predicted molar refractivity (Wildman–Crippen MR) is 102 cm³/mol. The van der Waals surface area contributed by atoms with Crippen molar-refractivity contribution < 1.29 is 13.2 Å². The van der Waals surface area contributed by atoms with Crippen molar-refractivity contribution in [1.29, 1.82) is 0 Å². The zero-order valence-electron chi connectivity index (χ0n) is 14.4. The summed E-state index contributed by atoms with van der Waals surface area (Å²) in [5.41, 5.74) is 5.54. The molecule has 2 aromatic rings. The molecule has 140 valence electrons. The van der Waals surface area contributed by atoms with Gasteiger partial charge in [0.2, 0.25) is 10.0 Å². The minimum absolute atomic E-state index is 0.0927. The van der Waals surface area contributed by atoms with Crippen molar-refractivity contribution in [1.82, 2.24) is 14.7 Å². The highest BCUT2D eigenvalue weighted by Gasteiger charge is 2.21. The van der Waals surface area contributed by atoms with Crippen LogP contribution in [0, 0.1) is 0 Å². The van der Waals surface area contributed by atoms with Gasteiger partial charge in [-0.15, -0.1) is 0 Å². The number of anilines is 2. The lowest BCUT2D eigenvalue weighted by atomic mass is 10.3. The minimum Gasteiger partial charge on any atom is -0.307 e. The molecule has 3 N–H and O–H groups in total. The zero-order valence-corrected chi connectivity index (χ0v) is 15.9. The summed E-state index contributed by atoms with van der Waals surface area (Å²) < 4.78 is 26.1. The molecule has 0 unspecified atom stereocenters. The first-order valence-electron chi connectivity index (χ1n) is 7.91. The van der Waals surface area contributed by atoms with E-state index in [1.807, 2.05) is 0 Å². The molecule has 0 aliphatic carbocycles. The van der Waals surface area contributed by atoms with Gasteiger partial charge in [-0.3, -0.25) is 10.9 Å². The van der Waals surface area contributed by atoms with Crippen LogP contribution in [0.1, 0.15) is 13.8 Å². The lowest BCUT2D eigenvalue weighted by molar-refractivity contribution is 0.254. The highest BCUT2D eigenvalue weighted by Crippen LogP contribution is 2.16. The molecule has 26 heavy (non-hydrogen) atoms. The third kappa shape index (κ3) is 5.07. The SMILES string of the molecule is CCN(CC)S(=O)(=O)c1ccc(NNC(=O)Nc2cccc(Cl)c2)nc1. The molecule has 0 saturated heterocycles. The first-order chi connectivity index (χ1) is 12.4. The number of nitrogens with zero attached hydrogens (tertiary/aromatic N) is 2. The molecular weight excluding hydrogens is 378 g/mol. The van der Waals surface area contributed by atoms with E-state index < -0.39 is 16.1 Å². The van der Waals surface area contributed by atoms with Crippen LogP contribution in [-0.2, 0) is 10.0 Å². The molecule has 0 atom stereocenters. The van der Waals surface area contributed by atoms with Crippen LogP contribution in [0.5, 0.6) is 0 Å². The van der Waals surface area contributed by atoms with Crippen LogP contribution >= 0.6 is 11.6 Å². The molecule has 0 radical (unpaired) electrons. The summed E-state index contributed by atoms with van der Waals surface area (Å²) in [6.07, 6.45) is 1.24. The van der Waals surface area contributed by atoms with E-state index in [-0.39, 0.29) is 4.90 Å². The van der Waals surface area contributed by atoms with Crippen LogP contribution in [0.4, 0.5) is 16.3 Å². The van der Waals surface area contributed by atoms with Crippen LogP contribution in [-0.4, -0.2) is 36.8 Å². The van der Waals surface area contributed by atoms with Gasteiger partial charge >= 0.3 is 6.03 Å². The minimum atomic E-state index is -3.56. The number of aromatic nitrogens is 1. The smallest absolute Gasteiger partial charge is 0.307 e. The molecule has 1 aromatic heterocycles. The topological polar surface area (TPSA) is 103 Å². The average Bonchev–Trinajstić information content (AvgIpc) is 2.61. The van der Waals surface area contributed by atoms with Gasteiger partial charge in [-0.1, -0.05) is 31.5 Å². The number of halogens is 1. The largest absolute Gasteiger partial charge is 0.337 e. The van der Waals surface area contributed by atoms with E-state index in [0.29, 0.717) is 29.6 Å². The fraction of sp³-hybridized carbons (Fsp3) is 0.250. The Kier molecular flexibility index (Phi) is 6.78. The third-order valence-corrected chi connectivity index (χ3v) is 5.73. The third-order valence-electron chi connectivity index (χ3n) is 3.47. The number of pyridine rings is 1. The first kappa shape index (κ1) is 20.0. The molecule has 1 aromatic carbocycles. The molecule has 0 saturated carbocycles. The maximum absolute atomic E-state index is 12.4. The molecular formula is C16H20ClN5O3S. The number of carbonyl (C=O) groups is 1. The first-order valence-corrected chi connectivity index (χ1v) is 9.73. The number of hydrogen-bond donors (Lipinski definition) is 3. The van der Waals surface area contributed by atoms with Crippen molar-refractivity contribution in [2.24, 2.45) is 0 Å². The van der Waals surface area contributed by atoms with Gasteiger partial charge in [-0.2, -0.15) is 4.31 Å². The monoisotopic (exact) mass is 397 g/mol. The van der Waals surface area contributed by atoms with E-state index in [9.17, 15) is 13.2 Å². The number of benzene rings is 1. The molecule has 0 spiro atoms. The van der Waals surface area contributed by atoms with E-state index >= 15 is 0 Å². The number of amides is 2. The second-order valence-electron chi connectivity index (χ2n) is 5.18. The average molecular weight is 398 g/mol. The Morgan fingerprint density at radius 2 is 1.92 bits per heavy atom. The fourth-order valence-corrected chi connectivity index (χ4v) is 3.76. The summed E-state index contributed by atoms with van der Waals surface area (Å²) in [7, 11) is -3.56. The molecule has 0 bridgehead atoms. The highest BCUT2D eigenvalue weighted by atomic mass is 35.5. The van der Waals surface area contributed by atoms with Gasteiger partial charge in [-0.25, -0.2) is 18.2 Å². The quantitative estimate of drug-likeness (QED) is 0.623. The number of sulfonamides is 1. The second kappa shape index (κ2) is 8.84. The van der Waals surface area contributed by atoms with Crippen LogP contribution in [0.2, 0.25) is 5.02 Å². The Bertz CT molecular complexity index is 854. The molecule has 0 aliphatic heterocycles. The number of nitrogens with one attached hydrogen (secondary N) is 3. The molecule has 2 rings (SSSR count).